The maximum Gasteiger partial charge on any atom is 0.0637 e. The minimum atomic E-state index is 0.672. The van der Waals surface area contributed by atoms with Gasteiger partial charge < -0.3 is 0 Å². The molecule has 1 aliphatic carbocycles. The first kappa shape index (κ1) is 11.3. The summed E-state index contributed by atoms with van der Waals surface area (Å²) in [5.74, 6) is 0. The molecule has 2 aromatic carbocycles. The lowest BCUT2D eigenvalue weighted by atomic mass is 10.1. The number of rotatable bonds is 3. The third kappa shape index (κ3) is 1.79. The molecule has 0 fully saturated rings. The highest BCUT2D eigenvalue weighted by Crippen LogP contribution is 2.37. The Balaban J connectivity index is 1.98. The lowest BCUT2D eigenvalue weighted by Gasteiger charge is -2.16. The van der Waals surface area contributed by atoms with Crippen LogP contribution in [0.2, 0.25) is 0 Å². The normalized spacial score (nSPS) is 12.1. The highest BCUT2D eigenvalue weighted by atomic mass is 16.5. The number of hydrogen-bond donors (Lipinski definition) is 1. The third-order valence-electron chi connectivity index (χ3n) is 3.51. The monoisotopic (exact) mass is 239 g/mol. The Hall–Kier alpha value is -1.80. The van der Waals surface area contributed by atoms with Crippen LogP contribution < -0.4 is 5.06 Å². The molecule has 1 aliphatic rings. The van der Waals surface area contributed by atoms with Gasteiger partial charge in [0.15, 0.2) is 0 Å². The highest BCUT2D eigenvalue weighted by Gasteiger charge is 2.18. The van der Waals surface area contributed by atoms with Crippen molar-refractivity contribution in [3.63, 3.8) is 0 Å². The zero-order valence-electron chi connectivity index (χ0n) is 10.6. The van der Waals surface area contributed by atoms with E-state index in [0.29, 0.717) is 6.54 Å². The number of nitrogens with zero attached hydrogens (tertiary/aromatic N) is 1. The Morgan fingerprint density at radius 2 is 1.83 bits per heavy atom. The van der Waals surface area contributed by atoms with Gasteiger partial charge in [0.25, 0.3) is 0 Å². The van der Waals surface area contributed by atoms with E-state index in [2.05, 4.69) is 43.3 Å². The molecule has 3 rings (SSSR count). The molecular weight excluding hydrogens is 222 g/mol. The van der Waals surface area contributed by atoms with Crippen molar-refractivity contribution < 1.29 is 5.21 Å². The van der Waals surface area contributed by atoms with Crippen molar-refractivity contribution in [1.29, 1.82) is 0 Å². The van der Waals surface area contributed by atoms with Crippen LogP contribution in [-0.4, -0.2) is 11.8 Å². The Bertz CT molecular complexity index is 577. The van der Waals surface area contributed by atoms with E-state index in [9.17, 15) is 5.21 Å². The molecule has 0 aromatic heterocycles. The van der Waals surface area contributed by atoms with Gasteiger partial charge in [-0.3, -0.25) is 10.3 Å². The lowest BCUT2D eigenvalue weighted by Crippen LogP contribution is -2.18. The SMILES string of the molecule is CCCN(O)c1ccc2c(c1)Cc1ccccc1-2. The van der Waals surface area contributed by atoms with Gasteiger partial charge in [0.05, 0.1) is 5.69 Å². The fourth-order valence-electron chi connectivity index (χ4n) is 2.63. The summed E-state index contributed by atoms with van der Waals surface area (Å²) < 4.78 is 0. The molecule has 2 nitrogen and oxygen atoms in total. The van der Waals surface area contributed by atoms with Gasteiger partial charge in [-0.1, -0.05) is 37.3 Å². The first-order chi connectivity index (χ1) is 8.79. The van der Waals surface area contributed by atoms with E-state index in [1.54, 1.807) is 0 Å². The van der Waals surface area contributed by atoms with Crippen molar-refractivity contribution in [2.75, 3.05) is 11.6 Å². The molecule has 0 amide bonds. The molecule has 92 valence electrons. The summed E-state index contributed by atoms with van der Waals surface area (Å²) in [5, 5.41) is 11.2. The number of hydrogen-bond acceptors (Lipinski definition) is 2. The number of hydroxylamine groups is 1. The Morgan fingerprint density at radius 3 is 2.67 bits per heavy atom. The van der Waals surface area contributed by atoms with E-state index in [0.717, 1.165) is 18.5 Å². The van der Waals surface area contributed by atoms with Crippen LogP contribution >= 0.6 is 0 Å². The van der Waals surface area contributed by atoms with Gasteiger partial charge in [-0.25, -0.2) is 0 Å². The first-order valence-electron chi connectivity index (χ1n) is 6.47. The maximum absolute atomic E-state index is 9.90. The average Bonchev–Trinajstić information content (AvgIpc) is 2.76. The molecular formula is C16H17NO. The molecule has 0 saturated heterocycles. The molecule has 0 spiro atoms. The molecule has 18 heavy (non-hydrogen) atoms. The predicted octanol–water partition coefficient (Wildman–Crippen LogP) is 3.86. The smallest absolute Gasteiger partial charge is 0.0637 e. The van der Waals surface area contributed by atoms with E-state index >= 15 is 0 Å². The van der Waals surface area contributed by atoms with Crippen molar-refractivity contribution in [1.82, 2.24) is 0 Å². The maximum atomic E-state index is 9.90. The van der Waals surface area contributed by atoms with E-state index in [1.165, 1.54) is 27.3 Å². The average molecular weight is 239 g/mol. The van der Waals surface area contributed by atoms with Crippen molar-refractivity contribution in [2.45, 2.75) is 19.8 Å². The van der Waals surface area contributed by atoms with Gasteiger partial charge in [-0.15, -0.1) is 0 Å². The highest BCUT2D eigenvalue weighted by molar-refractivity contribution is 5.78. The van der Waals surface area contributed by atoms with Crippen LogP contribution in [0.3, 0.4) is 0 Å². The predicted molar refractivity (Wildman–Crippen MR) is 74.1 cm³/mol. The van der Waals surface area contributed by atoms with Gasteiger partial charge in [-0.2, -0.15) is 0 Å². The second-order valence-corrected chi connectivity index (χ2v) is 4.80. The molecule has 0 radical (unpaired) electrons. The van der Waals surface area contributed by atoms with Gasteiger partial charge in [-0.05, 0) is 47.2 Å². The molecule has 1 N–H and O–H groups in total. The summed E-state index contributed by atoms with van der Waals surface area (Å²) in [5.41, 5.74) is 6.22. The molecule has 0 atom stereocenters. The van der Waals surface area contributed by atoms with Crippen molar-refractivity contribution in [2.24, 2.45) is 0 Å². The number of benzene rings is 2. The summed E-state index contributed by atoms with van der Waals surface area (Å²) in [7, 11) is 0. The fraction of sp³-hybridized carbons (Fsp3) is 0.250. The second kappa shape index (κ2) is 4.46. The molecule has 0 saturated carbocycles. The van der Waals surface area contributed by atoms with E-state index in [4.69, 9.17) is 0 Å². The van der Waals surface area contributed by atoms with Crippen LogP contribution in [0.1, 0.15) is 24.5 Å². The zero-order chi connectivity index (χ0) is 12.5. The summed E-state index contributed by atoms with van der Waals surface area (Å²) >= 11 is 0. The van der Waals surface area contributed by atoms with Crippen LogP contribution in [0.4, 0.5) is 5.69 Å². The van der Waals surface area contributed by atoms with Crippen molar-refractivity contribution in [3.8, 4) is 11.1 Å². The minimum absolute atomic E-state index is 0.672. The van der Waals surface area contributed by atoms with E-state index in [-0.39, 0.29) is 0 Å². The Labute approximate surface area is 107 Å². The summed E-state index contributed by atoms with van der Waals surface area (Å²) in [6.45, 7) is 2.73. The van der Waals surface area contributed by atoms with Crippen LogP contribution in [0.25, 0.3) is 11.1 Å². The van der Waals surface area contributed by atoms with Crippen LogP contribution in [0.15, 0.2) is 42.5 Å². The van der Waals surface area contributed by atoms with Crippen LogP contribution in [-0.2, 0) is 6.42 Å². The molecule has 0 aliphatic heterocycles. The molecule has 0 bridgehead atoms. The second-order valence-electron chi connectivity index (χ2n) is 4.80. The molecule has 0 heterocycles. The van der Waals surface area contributed by atoms with Gasteiger partial charge >= 0.3 is 0 Å². The van der Waals surface area contributed by atoms with E-state index in [1.807, 2.05) is 6.07 Å². The minimum Gasteiger partial charge on any atom is -0.288 e. The zero-order valence-corrected chi connectivity index (χ0v) is 10.6. The summed E-state index contributed by atoms with van der Waals surface area (Å²) in [6, 6.07) is 14.7. The van der Waals surface area contributed by atoms with Crippen LogP contribution in [0.5, 0.6) is 0 Å². The topological polar surface area (TPSA) is 23.5 Å². The number of anilines is 1. The Kier molecular flexibility index (Phi) is 2.80. The van der Waals surface area contributed by atoms with E-state index < -0.39 is 0 Å². The Morgan fingerprint density at radius 1 is 1.06 bits per heavy atom. The first-order valence-corrected chi connectivity index (χ1v) is 6.47. The summed E-state index contributed by atoms with van der Waals surface area (Å²) in [6.07, 6.45) is 1.91. The molecule has 2 heteroatoms. The quantitative estimate of drug-likeness (QED) is 0.701. The largest absolute Gasteiger partial charge is 0.288 e. The number of fused-ring (bicyclic) bond motifs is 3. The standard InChI is InChI=1S/C16H17NO/c1-2-9-17(18)14-7-8-16-13(11-14)10-12-5-3-4-6-15(12)16/h3-8,11,18H,2,9-10H2,1H3. The molecule has 2 aromatic rings. The van der Waals surface area contributed by atoms with Gasteiger partial charge in [0.2, 0.25) is 0 Å². The third-order valence-corrected chi connectivity index (χ3v) is 3.51. The lowest BCUT2D eigenvalue weighted by molar-refractivity contribution is 0.254. The molecule has 0 unspecified atom stereocenters. The van der Waals surface area contributed by atoms with Gasteiger partial charge in [0.1, 0.15) is 0 Å². The summed E-state index contributed by atoms with van der Waals surface area (Å²) in [4.78, 5) is 0. The fourth-order valence-corrected chi connectivity index (χ4v) is 2.63. The van der Waals surface area contributed by atoms with Gasteiger partial charge in [0, 0.05) is 6.54 Å². The van der Waals surface area contributed by atoms with Crippen molar-refractivity contribution >= 4 is 5.69 Å². The van der Waals surface area contributed by atoms with Crippen molar-refractivity contribution in [3.05, 3.63) is 53.6 Å². The van der Waals surface area contributed by atoms with Crippen LogP contribution in [0, 0.1) is 0 Å².